The van der Waals surface area contributed by atoms with Gasteiger partial charge >= 0.3 is 0 Å². The average molecular weight is 255 g/mol. The Morgan fingerprint density at radius 3 is 2.22 bits per heavy atom. The predicted molar refractivity (Wildman–Crippen MR) is 67.1 cm³/mol. The normalized spacial score (nSPS) is 12.6. The second-order valence-electron chi connectivity index (χ2n) is 4.78. The van der Waals surface area contributed by atoms with E-state index in [0.29, 0.717) is 18.4 Å². The van der Waals surface area contributed by atoms with Gasteiger partial charge in [0, 0.05) is 19.0 Å². The van der Waals surface area contributed by atoms with E-state index in [4.69, 9.17) is 0 Å². The molecule has 1 N–H and O–H groups in total. The van der Waals surface area contributed by atoms with E-state index in [2.05, 4.69) is 5.32 Å². The monoisotopic (exact) mass is 255 g/mol. The van der Waals surface area contributed by atoms with Crippen LogP contribution in [0.25, 0.3) is 0 Å². The van der Waals surface area contributed by atoms with Crippen LogP contribution >= 0.6 is 0 Å². The molecular weight excluding hydrogens is 236 g/mol. The fourth-order valence-corrected chi connectivity index (χ4v) is 2.03. The van der Waals surface area contributed by atoms with Gasteiger partial charge in [-0.25, -0.2) is 8.78 Å². The summed E-state index contributed by atoms with van der Waals surface area (Å²) in [5.74, 6) is -1.12. The number of halogens is 2. The third-order valence-electron chi connectivity index (χ3n) is 3.05. The highest BCUT2D eigenvalue weighted by Crippen LogP contribution is 2.19. The van der Waals surface area contributed by atoms with Crippen molar-refractivity contribution in [1.82, 2.24) is 5.32 Å². The van der Waals surface area contributed by atoms with Crippen LogP contribution in [0.3, 0.4) is 0 Å². The fourth-order valence-electron chi connectivity index (χ4n) is 2.03. The molecule has 0 spiro atoms. The Kier molecular flexibility index (Phi) is 5.25. The van der Waals surface area contributed by atoms with Crippen molar-refractivity contribution >= 4 is 5.91 Å². The first-order valence-corrected chi connectivity index (χ1v) is 6.10. The minimum absolute atomic E-state index is 0.0260. The number of carbonyl (C=O) groups is 1. The first-order chi connectivity index (χ1) is 8.43. The first kappa shape index (κ1) is 14.6. The SMILES string of the molecule is CNC(=O)C(CCc1cc(F)cc(F)c1)C(C)C. The van der Waals surface area contributed by atoms with Crippen molar-refractivity contribution in [3.05, 3.63) is 35.4 Å². The number of benzene rings is 1. The van der Waals surface area contributed by atoms with Gasteiger partial charge in [0.05, 0.1) is 0 Å². The van der Waals surface area contributed by atoms with Gasteiger partial charge in [-0.2, -0.15) is 0 Å². The number of hydrogen-bond donors (Lipinski definition) is 1. The van der Waals surface area contributed by atoms with Crippen LogP contribution in [0.2, 0.25) is 0 Å². The Labute approximate surface area is 106 Å². The molecule has 0 heterocycles. The van der Waals surface area contributed by atoms with E-state index in [-0.39, 0.29) is 17.7 Å². The van der Waals surface area contributed by atoms with Gasteiger partial charge in [0.2, 0.25) is 5.91 Å². The van der Waals surface area contributed by atoms with E-state index in [1.54, 1.807) is 7.05 Å². The molecule has 0 bridgehead atoms. The van der Waals surface area contributed by atoms with Crippen LogP contribution in [0.4, 0.5) is 8.78 Å². The number of aryl methyl sites for hydroxylation is 1. The Balaban J connectivity index is 2.69. The number of rotatable bonds is 5. The van der Waals surface area contributed by atoms with E-state index in [0.717, 1.165) is 6.07 Å². The second-order valence-corrected chi connectivity index (χ2v) is 4.78. The number of nitrogens with one attached hydrogen (secondary N) is 1. The van der Waals surface area contributed by atoms with Crippen LogP contribution in [-0.4, -0.2) is 13.0 Å². The van der Waals surface area contributed by atoms with Gasteiger partial charge in [0.25, 0.3) is 0 Å². The average Bonchev–Trinajstić information content (AvgIpc) is 2.27. The number of hydrogen-bond acceptors (Lipinski definition) is 1. The molecule has 0 saturated carbocycles. The molecule has 1 aromatic carbocycles. The summed E-state index contributed by atoms with van der Waals surface area (Å²) in [5, 5.41) is 2.62. The Bertz CT molecular complexity index is 398. The summed E-state index contributed by atoms with van der Waals surface area (Å²) in [6.45, 7) is 3.93. The molecule has 0 fully saturated rings. The summed E-state index contributed by atoms with van der Waals surface area (Å²) in [6, 6.07) is 3.47. The molecule has 0 saturated heterocycles. The molecule has 0 radical (unpaired) electrons. The van der Waals surface area contributed by atoms with Crippen molar-refractivity contribution in [3.8, 4) is 0 Å². The zero-order chi connectivity index (χ0) is 13.7. The minimum atomic E-state index is -0.578. The van der Waals surface area contributed by atoms with Crippen LogP contribution < -0.4 is 5.32 Å². The first-order valence-electron chi connectivity index (χ1n) is 6.10. The molecule has 0 aromatic heterocycles. The lowest BCUT2D eigenvalue weighted by atomic mass is 9.89. The largest absolute Gasteiger partial charge is 0.359 e. The third-order valence-corrected chi connectivity index (χ3v) is 3.05. The highest BCUT2D eigenvalue weighted by atomic mass is 19.1. The highest BCUT2D eigenvalue weighted by molar-refractivity contribution is 5.78. The van der Waals surface area contributed by atoms with E-state index in [1.165, 1.54) is 12.1 Å². The van der Waals surface area contributed by atoms with Crippen LogP contribution in [0, 0.1) is 23.5 Å². The van der Waals surface area contributed by atoms with Crippen molar-refractivity contribution < 1.29 is 13.6 Å². The van der Waals surface area contributed by atoms with E-state index in [1.807, 2.05) is 13.8 Å². The van der Waals surface area contributed by atoms with Gasteiger partial charge in [-0.3, -0.25) is 4.79 Å². The van der Waals surface area contributed by atoms with Gasteiger partial charge in [-0.15, -0.1) is 0 Å². The molecular formula is C14H19F2NO. The molecule has 1 atom stereocenters. The van der Waals surface area contributed by atoms with E-state index < -0.39 is 11.6 Å². The Hall–Kier alpha value is -1.45. The zero-order valence-corrected chi connectivity index (χ0v) is 11.0. The fraction of sp³-hybridized carbons (Fsp3) is 0.500. The van der Waals surface area contributed by atoms with Crippen LogP contribution in [0.1, 0.15) is 25.8 Å². The molecule has 1 aromatic rings. The number of amides is 1. The topological polar surface area (TPSA) is 29.1 Å². The zero-order valence-electron chi connectivity index (χ0n) is 11.0. The third kappa shape index (κ3) is 4.09. The van der Waals surface area contributed by atoms with Crippen molar-refractivity contribution in [3.63, 3.8) is 0 Å². The lowest BCUT2D eigenvalue weighted by Crippen LogP contribution is -2.31. The summed E-state index contributed by atoms with van der Waals surface area (Å²) in [7, 11) is 1.60. The van der Waals surface area contributed by atoms with Crippen LogP contribution in [0.5, 0.6) is 0 Å². The standard InChI is InChI=1S/C14H19F2NO/c1-9(2)13(14(18)17-3)5-4-10-6-11(15)8-12(16)7-10/h6-9,13H,4-5H2,1-3H3,(H,17,18). The maximum atomic E-state index is 13.0. The highest BCUT2D eigenvalue weighted by Gasteiger charge is 2.20. The van der Waals surface area contributed by atoms with Gasteiger partial charge in [0.15, 0.2) is 0 Å². The molecule has 2 nitrogen and oxygen atoms in total. The summed E-state index contributed by atoms with van der Waals surface area (Å²) >= 11 is 0. The minimum Gasteiger partial charge on any atom is -0.359 e. The van der Waals surface area contributed by atoms with E-state index in [9.17, 15) is 13.6 Å². The van der Waals surface area contributed by atoms with Gasteiger partial charge in [-0.1, -0.05) is 13.8 Å². The molecule has 0 aliphatic heterocycles. The quantitative estimate of drug-likeness (QED) is 0.861. The molecule has 1 amide bonds. The summed E-state index contributed by atoms with van der Waals surface area (Å²) in [6.07, 6.45) is 1.07. The summed E-state index contributed by atoms with van der Waals surface area (Å²) in [5.41, 5.74) is 0.585. The second kappa shape index (κ2) is 6.47. The maximum absolute atomic E-state index is 13.0. The van der Waals surface area contributed by atoms with E-state index >= 15 is 0 Å². The summed E-state index contributed by atoms with van der Waals surface area (Å²) in [4.78, 5) is 11.6. The smallest absolute Gasteiger partial charge is 0.223 e. The lowest BCUT2D eigenvalue weighted by molar-refractivity contribution is -0.126. The van der Waals surface area contributed by atoms with Crippen molar-refractivity contribution in [1.29, 1.82) is 0 Å². The van der Waals surface area contributed by atoms with Crippen LogP contribution in [0.15, 0.2) is 18.2 Å². The van der Waals surface area contributed by atoms with Gasteiger partial charge < -0.3 is 5.32 Å². The number of carbonyl (C=O) groups excluding carboxylic acids is 1. The molecule has 100 valence electrons. The molecule has 1 unspecified atom stereocenters. The molecule has 18 heavy (non-hydrogen) atoms. The Morgan fingerprint density at radius 2 is 1.78 bits per heavy atom. The van der Waals surface area contributed by atoms with Gasteiger partial charge in [-0.05, 0) is 36.5 Å². The molecule has 1 rings (SSSR count). The lowest BCUT2D eigenvalue weighted by Gasteiger charge is -2.19. The maximum Gasteiger partial charge on any atom is 0.223 e. The molecule has 0 aliphatic carbocycles. The van der Waals surface area contributed by atoms with Gasteiger partial charge in [0.1, 0.15) is 11.6 Å². The predicted octanol–water partition coefficient (Wildman–Crippen LogP) is 2.92. The van der Waals surface area contributed by atoms with Crippen molar-refractivity contribution in [2.24, 2.45) is 11.8 Å². The molecule has 0 aliphatic rings. The van der Waals surface area contributed by atoms with Crippen molar-refractivity contribution in [2.75, 3.05) is 7.05 Å². The molecule has 4 heteroatoms. The summed E-state index contributed by atoms with van der Waals surface area (Å²) < 4.78 is 26.0. The van der Waals surface area contributed by atoms with Crippen LogP contribution in [-0.2, 0) is 11.2 Å². The Morgan fingerprint density at radius 1 is 1.22 bits per heavy atom. The van der Waals surface area contributed by atoms with Crippen molar-refractivity contribution in [2.45, 2.75) is 26.7 Å².